The molecule has 1 N–H and O–H groups in total. The number of rotatable bonds is 6. The van der Waals surface area contributed by atoms with Crippen molar-refractivity contribution in [3.8, 4) is 5.75 Å². The lowest BCUT2D eigenvalue weighted by Crippen LogP contribution is -2.28. The molecule has 0 aromatic heterocycles. The van der Waals surface area contributed by atoms with E-state index in [9.17, 15) is 8.42 Å². The summed E-state index contributed by atoms with van der Waals surface area (Å²) in [5.41, 5.74) is 0. The van der Waals surface area contributed by atoms with Crippen LogP contribution in [0.5, 0.6) is 5.75 Å². The van der Waals surface area contributed by atoms with Crippen LogP contribution in [0.4, 0.5) is 0 Å². The van der Waals surface area contributed by atoms with E-state index in [0.29, 0.717) is 12.4 Å². The predicted octanol–water partition coefficient (Wildman–Crippen LogP) is 2.24. The number of hydrogen-bond donors (Lipinski definition) is 1. The minimum Gasteiger partial charge on any atom is -0.494 e. The van der Waals surface area contributed by atoms with Gasteiger partial charge < -0.3 is 4.74 Å². The number of nitrogens with one attached hydrogen (secondary N) is 1. The van der Waals surface area contributed by atoms with Crippen molar-refractivity contribution in [2.75, 3.05) is 6.61 Å². The highest BCUT2D eigenvalue weighted by molar-refractivity contribution is 7.89. The molecule has 1 aromatic rings. The molecule has 0 radical (unpaired) electrons. The Morgan fingerprint density at radius 2 is 1.84 bits per heavy atom. The van der Waals surface area contributed by atoms with E-state index in [-0.39, 0.29) is 11.0 Å². The van der Waals surface area contributed by atoms with E-state index in [1.54, 1.807) is 12.1 Å². The van der Waals surface area contributed by atoms with Crippen molar-refractivity contribution in [1.82, 2.24) is 4.89 Å². The van der Waals surface area contributed by atoms with Crippen molar-refractivity contribution in [2.24, 2.45) is 0 Å². The first-order valence-electron chi connectivity index (χ1n) is 6.52. The van der Waals surface area contributed by atoms with Crippen LogP contribution in [0.2, 0.25) is 0 Å². The van der Waals surface area contributed by atoms with E-state index in [2.05, 4.69) is 4.89 Å². The molecule has 0 unspecified atom stereocenters. The monoisotopic (exact) mass is 285 g/mol. The summed E-state index contributed by atoms with van der Waals surface area (Å²) < 4.78 is 29.2. The Bertz CT molecular complexity index is 492. The molecule has 0 aliphatic heterocycles. The van der Waals surface area contributed by atoms with Crippen LogP contribution >= 0.6 is 0 Å². The van der Waals surface area contributed by atoms with Gasteiger partial charge in [-0.25, -0.2) is 8.42 Å². The van der Waals surface area contributed by atoms with Crippen LogP contribution in [-0.4, -0.2) is 21.1 Å². The Hall–Kier alpha value is -1.11. The molecule has 2 rings (SSSR count). The summed E-state index contributed by atoms with van der Waals surface area (Å²) in [5, 5.41) is 0. The Morgan fingerprint density at radius 1 is 1.21 bits per heavy atom. The van der Waals surface area contributed by atoms with Crippen LogP contribution in [0.15, 0.2) is 29.2 Å². The van der Waals surface area contributed by atoms with Gasteiger partial charge in [0.1, 0.15) is 5.75 Å². The van der Waals surface area contributed by atoms with Crippen LogP contribution in [-0.2, 0) is 14.9 Å². The van der Waals surface area contributed by atoms with E-state index in [1.807, 2.05) is 6.92 Å². The van der Waals surface area contributed by atoms with Gasteiger partial charge in [-0.05, 0) is 44.0 Å². The van der Waals surface area contributed by atoms with Crippen molar-refractivity contribution in [1.29, 1.82) is 0 Å². The summed E-state index contributed by atoms with van der Waals surface area (Å²) in [4.78, 5) is 7.61. The number of hydrogen-bond acceptors (Lipinski definition) is 4. The second-order valence-electron chi connectivity index (χ2n) is 4.52. The maximum atomic E-state index is 12.0. The number of ether oxygens (including phenoxy) is 1. The minimum atomic E-state index is -3.61. The normalized spacial score (nSPS) is 16.7. The largest absolute Gasteiger partial charge is 0.494 e. The highest BCUT2D eigenvalue weighted by Gasteiger charge is 2.20. The van der Waals surface area contributed by atoms with Crippen molar-refractivity contribution in [3.05, 3.63) is 24.3 Å². The Balaban J connectivity index is 1.97. The molecule has 1 saturated carbocycles. The second-order valence-corrected chi connectivity index (χ2v) is 6.16. The first-order chi connectivity index (χ1) is 9.12. The summed E-state index contributed by atoms with van der Waals surface area (Å²) in [6, 6.07) is 6.28. The molecule has 0 atom stereocenters. The third-order valence-electron chi connectivity index (χ3n) is 3.07. The van der Waals surface area contributed by atoms with Crippen LogP contribution < -0.4 is 9.62 Å². The van der Waals surface area contributed by atoms with Crippen LogP contribution in [0.1, 0.15) is 32.6 Å². The highest BCUT2D eigenvalue weighted by Crippen LogP contribution is 2.21. The van der Waals surface area contributed by atoms with Crippen molar-refractivity contribution < 1.29 is 18.0 Å². The summed E-state index contributed by atoms with van der Waals surface area (Å²) in [6.07, 6.45) is 4.00. The quantitative estimate of drug-likeness (QED) is 0.814. The topological polar surface area (TPSA) is 64.6 Å². The van der Waals surface area contributed by atoms with Gasteiger partial charge in [0.25, 0.3) is 10.0 Å². The third kappa shape index (κ3) is 3.92. The van der Waals surface area contributed by atoms with Crippen molar-refractivity contribution in [2.45, 2.75) is 43.6 Å². The first kappa shape index (κ1) is 14.3. The van der Waals surface area contributed by atoms with E-state index in [4.69, 9.17) is 9.57 Å². The molecule has 5 nitrogen and oxygen atoms in total. The number of sulfonamides is 1. The minimum absolute atomic E-state index is 0.00234. The predicted molar refractivity (Wildman–Crippen MR) is 71.3 cm³/mol. The van der Waals surface area contributed by atoms with Gasteiger partial charge in [-0.15, -0.1) is 0 Å². The maximum Gasteiger partial charge on any atom is 0.262 e. The molecule has 0 spiro atoms. The van der Waals surface area contributed by atoms with Crippen molar-refractivity contribution >= 4 is 10.0 Å². The molecule has 0 amide bonds. The summed E-state index contributed by atoms with van der Waals surface area (Å²) in [6.45, 7) is 2.43. The molecule has 106 valence electrons. The average Bonchev–Trinajstić information content (AvgIpc) is 2.91. The average molecular weight is 285 g/mol. The molecule has 0 heterocycles. The zero-order valence-electron chi connectivity index (χ0n) is 11.0. The van der Waals surface area contributed by atoms with Crippen LogP contribution in [0.3, 0.4) is 0 Å². The molecular weight excluding hydrogens is 266 g/mol. The fourth-order valence-corrected chi connectivity index (χ4v) is 2.92. The molecule has 1 aliphatic rings. The van der Waals surface area contributed by atoms with Crippen molar-refractivity contribution in [3.63, 3.8) is 0 Å². The van der Waals surface area contributed by atoms with Gasteiger partial charge in [0.05, 0.1) is 17.6 Å². The van der Waals surface area contributed by atoms with Gasteiger partial charge in [-0.1, -0.05) is 17.7 Å². The molecule has 1 aliphatic carbocycles. The fourth-order valence-electron chi connectivity index (χ4n) is 2.07. The van der Waals surface area contributed by atoms with Gasteiger partial charge in [0, 0.05) is 0 Å². The molecule has 1 fully saturated rings. The van der Waals surface area contributed by atoms with Crippen LogP contribution in [0.25, 0.3) is 0 Å². The van der Waals surface area contributed by atoms with E-state index >= 15 is 0 Å². The third-order valence-corrected chi connectivity index (χ3v) is 4.28. The SMILES string of the molecule is CCOc1ccc(S(=O)(=O)NOC2CCCC2)cc1. The van der Waals surface area contributed by atoms with Gasteiger partial charge in [-0.3, -0.25) is 4.84 Å². The maximum absolute atomic E-state index is 12.0. The summed E-state index contributed by atoms with van der Waals surface area (Å²) in [7, 11) is -3.61. The first-order valence-corrected chi connectivity index (χ1v) is 8.00. The molecular formula is C13H19NO4S. The fraction of sp³-hybridized carbons (Fsp3) is 0.538. The Morgan fingerprint density at radius 3 is 2.42 bits per heavy atom. The Labute approximate surface area is 113 Å². The van der Waals surface area contributed by atoms with E-state index in [0.717, 1.165) is 25.7 Å². The van der Waals surface area contributed by atoms with Gasteiger partial charge in [0.15, 0.2) is 0 Å². The smallest absolute Gasteiger partial charge is 0.262 e. The summed E-state index contributed by atoms with van der Waals surface area (Å²) in [5.74, 6) is 0.651. The van der Waals surface area contributed by atoms with Gasteiger partial charge >= 0.3 is 0 Å². The lowest BCUT2D eigenvalue weighted by atomic mass is 10.3. The van der Waals surface area contributed by atoms with Gasteiger partial charge in [-0.2, -0.15) is 0 Å². The lowest BCUT2D eigenvalue weighted by molar-refractivity contribution is 0.0223. The zero-order chi connectivity index (χ0) is 13.7. The van der Waals surface area contributed by atoms with E-state index in [1.165, 1.54) is 12.1 Å². The Kier molecular flexibility index (Phi) is 4.79. The lowest BCUT2D eigenvalue weighted by Gasteiger charge is -2.12. The molecule has 6 heteroatoms. The van der Waals surface area contributed by atoms with Crippen LogP contribution in [0, 0.1) is 0 Å². The molecule has 19 heavy (non-hydrogen) atoms. The molecule has 1 aromatic carbocycles. The standard InChI is InChI=1S/C13H19NO4S/c1-2-17-11-7-9-13(10-8-11)19(15,16)14-18-12-5-3-4-6-12/h7-10,12,14H,2-6H2,1H3. The van der Waals surface area contributed by atoms with E-state index < -0.39 is 10.0 Å². The number of benzene rings is 1. The van der Waals surface area contributed by atoms with Gasteiger partial charge in [0.2, 0.25) is 0 Å². The highest BCUT2D eigenvalue weighted by atomic mass is 32.2. The molecule has 0 saturated heterocycles. The second kappa shape index (κ2) is 6.36. The molecule has 0 bridgehead atoms. The zero-order valence-corrected chi connectivity index (χ0v) is 11.8. The summed E-state index contributed by atoms with van der Waals surface area (Å²) >= 11 is 0.